The van der Waals surface area contributed by atoms with E-state index in [1.807, 2.05) is 65.0 Å². The van der Waals surface area contributed by atoms with Crippen molar-refractivity contribution in [3.8, 4) is 0 Å². The number of carbonyl (C=O) groups excluding carboxylic acids is 3. The number of hydrogen-bond donors (Lipinski definition) is 2. The predicted molar refractivity (Wildman–Crippen MR) is 114 cm³/mol. The van der Waals surface area contributed by atoms with Gasteiger partial charge in [0.2, 0.25) is 5.78 Å². The molecule has 158 valence electrons. The number of benzene rings is 2. The monoisotopic (exact) mass is 408 g/mol. The third-order valence-electron chi connectivity index (χ3n) is 5.95. The van der Waals surface area contributed by atoms with E-state index in [0.29, 0.717) is 5.56 Å². The zero-order valence-electron chi connectivity index (χ0n) is 18.0. The summed E-state index contributed by atoms with van der Waals surface area (Å²) in [6, 6.07) is 15.1. The first-order valence-corrected chi connectivity index (χ1v) is 10.1. The summed E-state index contributed by atoms with van der Waals surface area (Å²) in [7, 11) is 0. The Balaban J connectivity index is 1.75. The number of hydrogen-bond acceptors (Lipinski definition) is 4. The number of nitrogens with zero attached hydrogens (tertiary/aromatic N) is 1. The average molecular weight is 408 g/mol. The van der Waals surface area contributed by atoms with E-state index in [-0.39, 0.29) is 23.6 Å². The molecule has 6 heteroatoms. The molecule has 3 rings (SSSR count). The van der Waals surface area contributed by atoms with E-state index >= 15 is 0 Å². The van der Waals surface area contributed by atoms with Gasteiger partial charge in [-0.1, -0.05) is 54.6 Å². The lowest BCUT2D eigenvalue weighted by Gasteiger charge is -2.61. The van der Waals surface area contributed by atoms with Gasteiger partial charge in [0.25, 0.3) is 11.8 Å². The van der Waals surface area contributed by atoms with Gasteiger partial charge in [-0.15, -0.1) is 0 Å². The zero-order valence-corrected chi connectivity index (χ0v) is 18.0. The van der Waals surface area contributed by atoms with Crippen molar-refractivity contribution in [1.29, 1.82) is 0 Å². The lowest BCUT2D eigenvalue weighted by molar-refractivity contribution is -0.221. The smallest absolute Gasteiger partial charge is 0.292 e. The van der Waals surface area contributed by atoms with Crippen molar-refractivity contribution >= 4 is 17.6 Å². The number of ketones is 1. The Morgan fingerprint density at radius 1 is 0.967 bits per heavy atom. The molecule has 2 aromatic rings. The molecule has 1 fully saturated rings. The average Bonchev–Trinajstić information content (AvgIpc) is 2.72. The minimum Gasteiger partial charge on any atom is -0.374 e. The molecule has 0 aromatic heterocycles. The van der Waals surface area contributed by atoms with Crippen LogP contribution in [0, 0.1) is 0 Å². The Morgan fingerprint density at radius 3 is 2.03 bits per heavy atom. The Morgan fingerprint density at radius 2 is 1.53 bits per heavy atom. The molecule has 2 aromatic carbocycles. The first kappa shape index (κ1) is 21.7. The fourth-order valence-corrected chi connectivity index (χ4v) is 4.25. The molecular weight excluding hydrogens is 380 g/mol. The minimum absolute atomic E-state index is 0.0380. The van der Waals surface area contributed by atoms with E-state index in [2.05, 4.69) is 5.32 Å². The highest BCUT2D eigenvalue weighted by Crippen LogP contribution is 2.49. The summed E-state index contributed by atoms with van der Waals surface area (Å²) in [6.45, 7) is 9.23. The molecule has 2 amide bonds. The first-order chi connectivity index (χ1) is 14.0. The molecule has 6 nitrogen and oxygen atoms in total. The van der Waals surface area contributed by atoms with Gasteiger partial charge >= 0.3 is 0 Å². The lowest BCUT2D eigenvalue weighted by atomic mass is 9.66. The summed E-state index contributed by atoms with van der Waals surface area (Å²) in [5, 5.41) is 13.8. The highest BCUT2D eigenvalue weighted by molar-refractivity contribution is 6.42. The molecule has 2 atom stereocenters. The van der Waals surface area contributed by atoms with Gasteiger partial charge in [0.15, 0.2) is 5.60 Å². The van der Waals surface area contributed by atoms with Crippen LogP contribution in [0.2, 0.25) is 0 Å². The second-order valence-electron chi connectivity index (χ2n) is 8.55. The summed E-state index contributed by atoms with van der Waals surface area (Å²) in [5.41, 5.74) is -0.944. The maximum Gasteiger partial charge on any atom is 0.292 e. The van der Waals surface area contributed by atoms with Crippen LogP contribution < -0.4 is 5.32 Å². The topological polar surface area (TPSA) is 86.7 Å². The summed E-state index contributed by atoms with van der Waals surface area (Å²) >= 11 is 0. The van der Waals surface area contributed by atoms with E-state index in [1.165, 1.54) is 12.1 Å². The van der Waals surface area contributed by atoms with Crippen LogP contribution in [0.15, 0.2) is 54.6 Å². The van der Waals surface area contributed by atoms with E-state index in [9.17, 15) is 19.5 Å². The largest absolute Gasteiger partial charge is 0.374 e. The van der Waals surface area contributed by atoms with Crippen LogP contribution in [0.5, 0.6) is 0 Å². The number of likely N-dealkylation sites (tertiary alicyclic amines) is 1. The molecule has 1 heterocycles. The van der Waals surface area contributed by atoms with Crippen molar-refractivity contribution in [2.24, 2.45) is 0 Å². The highest BCUT2D eigenvalue weighted by atomic mass is 16.3. The second kappa shape index (κ2) is 7.69. The van der Waals surface area contributed by atoms with Crippen molar-refractivity contribution in [2.45, 2.75) is 57.8 Å². The third kappa shape index (κ3) is 3.31. The highest BCUT2D eigenvalue weighted by Gasteiger charge is 2.67. The number of carbonyl (C=O) groups is 3. The van der Waals surface area contributed by atoms with Crippen molar-refractivity contribution in [3.05, 3.63) is 71.3 Å². The molecule has 1 saturated heterocycles. The lowest BCUT2D eigenvalue weighted by Crippen LogP contribution is -2.79. The Kier molecular flexibility index (Phi) is 5.56. The molecule has 1 aliphatic heterocycles. The molecule has 1 unspecified atom stereocenters. The maximum atomic E-state index is 12.7. The minimum atomic E-state index is -1.66. The zero-order chi connectivity index (χ0) is 22.3. The molecule has 1 aliphatic rings. The fraction of sp³-hybridized carbons (Fsp3) is 0.375. The Labute approximate surface area is 176 Å². The van der Waals surface area contributed by atoms with Crippen molar-refractivity contribution in [1.82, 2.24) is 10.2 Å². The number of β-lactam (4-membered cyclic amide) rings is 1. The van der Waals surface area contributed by atoms with Crippen molar-refractivity contribution < 1.29 is 19.5 Å². The predicted octanol–water partition coefficient (Wildman–Crippen LogP) is 2.96. The van der Waals surface area contributed by atoms with E-state index < -0.39 is 22.8 Å². The van der Waals surface area contributed by atoms with Crippen LogP contribution >= 0.6 is 0 Å². The Hall–Kier alpha value is -2.99. The molecule has 0 radical (unpaired) electrons. The van der Waals surface area contributed by atoms with E-state index in [1.54, 1.807) is 17.0 Å². The van der Waals surface area contributed by atoms with Crippen LogP contribution in [0.1, 0.15) is 62.1 Å². The second-order valence-corrected chi connectivity index (χ2v) is 8.55. The molecule has 0 aliphatic carbocycles. The quantitative estimate of drug-likeness (QED) is 0.437. The molecule has 0 bridgehead atoms. The summed E-state index contributed by atoms with van der Waals surface area (Å²) in [5.74, 6) is -1.74. The van der Waals surface area contributed by atoms with Gasteiger partial charge < -0.3 is 15.3 Å². The van der Waals surface area contributed by atoms with Gasteiger partial charge in [0.1, 0.15) is 0 Å². The van der Waals surface area contributed by atoms with Gasteiger partial charge in [-0.3, -0.25) is 14.4 Å². The van der Waals surface area contributed by atoms with Gasteiger partial charge in [-0.05, 0) is 45.7 Å². The summed E-state index contributed by atoms with van der Waals surface area (Å²) in [6.07, 6.45) is 0. The van der Waals surface area contributed by atoms with Crippen molar-refractivity contribution in [2.75, 3.05) is 0 Å². The van der Waals surface area contributed by atoms with Crippen LogP contribution in [-0.2, 0) is 15.2 Å². The molecule has 30 heavy (non-hydrogen) atoms. The van der Waals surface area contributed by atoms with Crippen LogP contribution in [0.25, 0.3) is 0 Å². The van der Waals surface area contributed by atoms with Crippen LogP contribution in [0.3, 0.4) is 0 Å². The molecule has 0 saturated carbocycles. The number of rotatable bonds is 6. The standard InChI is InChI=1S/C24H28N2O4/c1-15(2)26-22(29)24(30,23(26,4)5)19-13-11-18(12-14-19)20(27)21(28)25-16(3)17-9-7-6-8-10-17/h6-16,30H,1-5H3,(H,25,28)/t16-,24?/m1/s1. The number of aliphatic hydroxyl groups is 1. The molecule has 0 spiro atoms. The van der Waals surface area contributed by atoms with E-state index in [0.717, 1.165) is 5.56 Å². The SMILES string of the molecule is CC(C)N1C(=O)C(O)(c2ccc(C(=O)C(=O)N[C@H](C)c3ccccc3)cc2)C1(C)C. The third-order valence-corrected chi connectivity index (χ3v) is 5.95. The number of Topliss-reactive ketones (excluding diaryl/α,β-unsaturated/α-hetero) is 1. The number of nitrogens with one attached hydrogen (secondary N) is 1. The van der Waals surface area contributed by atoms with E-state index in [4.69, 9.17) is 0 Å². The summed E-state index contributed by atoms with van der Waals surface area (Å²) in [4.78, 5) is 39.2. The van der Waals surface area contributed by atoms with Gasteiger partial charge in [-0.2, -0.15) is 0 Å². The first-order valence-electron chi connectivity index (χ1n) is 10.1. The van der Waals surface area contributed by atoms with Crippen molar-refractivity contribution in [3.63, 3.8) is 0 Å². The van der Waals surface area contributed by atoms with Gasteiger partial charge in [0.05, 0.1) is 11.6 Å². The fourth-order valence-electron chi connectivity index (χ4n) is 4.25. The van der Waals surface area contributed by atoms with Gasteiger partial charge in [-0.25, -0.2) is 0 Å². The molecular formula is C24H28N2O4. The maximum absolute atomic E-state index is 12.7. The number of amides is 2. The molecule has 2 N–H and O–H groups in total. The van der Waals surface area contributed by atoms with Gasteiger partial charge in [0, 0.05) is 11.6 Å². The summed E-state index contributed by atoms with van der Waals surface area (Å²) < 4.78 is 0. The Bertz CT molecular complexity index is 966. The van der Waals surface area contributed by atoms with Crippen LogP contribution in [-0.4, -0.2) is 39.2 Å². The normalized spacial score (nSPS) is 21.2. The van der Waals surface area contributed by atoms with Crippen LogP contribution in [0.4, 0.5) is 0 Å².